The lowest BCUT2D eigenvalue weighted by Gasteiger charge is -2.29. The number of aromatic nitrogens is 3. The third kappa shape index (κ3) is 3.06. The Balaban J connectivity index is 1.69. The smallest absolute Gasteiger partial charge is 0.138 e. The molecule has 21 heavy (non-hydrogen) atoms. The molecule has 2 N–H and O–H groups in total. The lowest BCUT2D eigenvalue weighted by molar-refractivity contribution is 0.182. The van der Waals surface area contributed by atoms with Crippen LogP contribution in [0, 0.1) is 0 Å². The van der Waals surface area contributed by atoms with Gasteiger partial charge in [-0.15, -0.1) is 11.8 Å². The topological polar surface area (TPSA) is 66.0 Å². The summed E-state index contributed by atoms with van der Waals surface area (Å²) in [6.45, 7) is 4.18. The first-order valence-corrected chi connectivity index (χ1v) is 8.16. The molecule has 2 unspecified atom stereocenters. The molecule has 0 spiro atoms. The summed E-state index contributed by atoms with van der Waals surface area (Å²) in [6.07, 6.45) is 2.27. The van der Waals surface area contributed by atoms with Crippen LogP contribution in [-0.2, 0) is 6.42 Å². The number of fused-ring (bicyclic) bond motifs is 1. The van der Waals surface area contributed by atoms with E-state index < -0.39 is 0 Å². The van der Waals surface area contributed by atoms with Crippen molar-refractivity contribution in [2.24, 2.45) is 5.73 Å². The number of rotatable bonds is 4. The second kappa shape index (κ2) is 6.07. The maximum atomic E-state index is 6.35. The zero-order valence-corrected chi connectivity index (χ0v) is 13.1. The minimum atomic E-state index is -0.0902. The molecule has 0 saturated heterocycles. The van der Waals surface area contributed by atoms with Gasteiger partial charge < -0.3 is 10.5 Å². The van der Waals surface area contributed by atoms with E-state index in [9.17, 15) is 0 Å². The fraction of sp³-hybridized carbons (Fsp3) is 0.467. The lowest BCUT2D eigenvalue weighted by Crippen LogP contribution is -2.44. The summed E-state index contributed by atoms with van der Waals surface area (Å²) in [4.78, 5) is 5.51. The van der Waals surface area contributed by atoms with E-state index in [1.165, 1.54) is 4.90 Å². The standard InChI is InChI=1S/C15H20N4OS/c1-10(2)19-15(17-9-18-19)7-11(16)13-8-21-14-6-4-3-5-12(14)20-13/h3-6,9-11,13H,7-8,16H2,1-2H3. The maximum absolute atomic E-state index is 6.35. The highest BCUT2D eigenvalue weighted by atomic mass is 32.2. The maximum Gasteiger partial charge on any atom is 0.138 e. The van der Waals surface area contributed by atoms with Crippen molar-refractivity contribution >= 4 is 11.8 Å². The van der Waals surface area contributed by atoms with Gasteiger partial charge in [-0.05, 0) is 26.0 Å². The first kappa shape index (κ1) is 14.4. The molecule has 2 aromatic rings. The van der Waals surface area contributed by atoms with Crippen LogP contribution in [-0.4, -0.2) is 32.7 Å². The molecule has 0 saturated carbocycles. The van der Waals surface area contributed by atoms with Crippen molar-refractivity contribution in [3.63, 3.8) is 0 Å². The molecule has 1 aliphatic rings. The Bertz CT molecular complexity index is 613. The zero-order valence-electron chi connectivity index (χ0n) is 12.3. The first-order valence-electron chi connectivity index (χ1n) is 7.17. The van der Waals surface area contributed by atoms with Crippen molar-refractivity contribution in [1.82, 2.24) is 14.8 Å². The van der Waals surface area contributed by atoms with E-state index in [4.69, 9.17) is 10.5 Å². The van der Waals surface area contributed by atoms with Crippen LogP contribution in [0.1, 0.15) is 25.7 Å². The lowest BCUT2D eigenvalue weighted by atomic mass is 10.1. The highest BCUT2D eigenvalue weighted by Crippen LogP contribution is 2.35. The molecule has 2 atom stereocenters. The Morgan fingerprint density at radius 3 is 3.05 bits per heavy atom. The summed E-state index contributed by atoms with van der Waals surface area (Å²) in [6, 6.07) is 8.29. The van der Waals surface area contributed by atoms with E-state index >= 15 is 0 Å². The molecule has 0 fully saturated rings. The molecular weight excluding hydrogens is 284 g/mol. The van der Waals surface area contributed by atoms with Gasteiger partial charge in [-0.1, -0.05) is 12.1 Å². The van der Waals surface area contributed by atoms with Gasteiger partial charge in [-0.3, -0.25) is 0 Å². The van der Waals surface area contributed by atoms with Gasteiger partial charge in [0.1, 0.15) is 24.0 Å². The number of nitrogens with zero attached hydrogens (tertiary/aromatic N) is 3. The van der Waals surface area contributed by atoms with Crippen molar-refractivity contribution in [3.05, 3.63) is 36.4 Å². The van der Waals surface area contributed by atoms with Gasteiger partial charge in [0.05, 0.1) is 0 Å². The minimum Gasteiger partial charge on any atom is -0.487 e. The molecule has 1 aromatic carbocycles. The van der Waals surface area contributed by atoms with Crippen molar-refractivity contribution in [2.75, 3.05) is 5.75 Å². The second-order valence-electron chi connectivity index (χ2n) is 5.50. The average Bonchev–Trinajstić information content (AvgIpc) is 2.95. The Morgan fingerprint density at radius 1 is 1.43 bits per heavy atom. The SMILES string of the molecule is CC(C)n1ncnc1CC(N)C1CSc2ccccc2O1. The molecular formula is C15H20N4OS. The first-order chi connectivity index (χ1) is 10.1. The Morgan fingerprint density at radius 2 is 2.24 bits per heavy atom. The van der Waals surface area contributed by atoms with Gasteiger partial charge in [0.25, 0.3) is 0 Å². The van der Waals surface area contributed by atoms with Crippen LogP contribution in [0.3, 0.4) is 0 Å². The highest BCUT2D eigenvalue weighted by molar-refractivity contribution is 7.99. The molecule has 0 aliphatic carbocycles. The van der Waals surface area contributed by atoms with Crippen molar-refractivity contribution in [3.8, 4) is 5.75 Å². The highest BCUT2D eigenvalue weighted by Gasteiger charge is 2.27. The van der Waals surface area contributed by atoms with Crippen LogP contribution in [0.25, 0.3) is 0 Å². The monoisotopic (exact) mass is 304 g/mol. The third-order valence-corrected chi connectivity index (χ3v) is 4.71. The number of ether oxygens (including phenoxy) is 1. The van der Waals surface area contributed by atoms with Crippen molar-refractivity contribution in [2.45, 2.75) is 43.4 Å². The molecule has 2 heterocycles. The summed E-state index contributed by atoms with van der Waals surface area (Å²) in [7, 11) is 0. The molecule has 0 bridgehead atoms. The van der Waals surface area contributed by atoms with Crippen LogP contribution < -0.4 is 10.5 Å². The van der Waals surface area contributed by atoms with E-state index in [0.717, 1.165) is 17.3 Å². The van der Waals surface area contributed by atoms with Gasteiger partial charge in [0, 0.05) is 29.2 Å². The molecule has 1 aromatic heterocycles. The van der Waals surface area contributed by atoms with Crippen LogP contribution in [0.5, 0.6) is 5.75 Å². The molecule has 112 valence electrons. The largest absolute Gasteiger partial charge is 0.487 e. The Hall–Kier alpha value is -1.53. The summed E-state index contributed by atoms with van der Waals surface area (Å²) < 4.78 is 7.96. The molecule has 3 rings (SSSR count). The molecule has 6 heteroatoms. The van der Waals surface area contributed by atoms with E-state index in [-0.39, 0.29) is 18.2 Å². The van der Waals surface area contributed by atoms with Crippen molar-refractivity contribution < 1.29 is 4.74 Å². The van der Waals surface area contributed by atoms with Gasteiger partial charge in [0.15, 0.2) is 0 Å². The predicted molar refractivity (Wildman–Crippen MR) is 83.7 cm³/mol. The van der Waals surface area contributed by atoms with E-state index in [1.54, 1.807) is 18.1 Å². The normalized spacial score (nSPS) is 19.1. The van der Waals surface area contributed by atoms with Crippen LogP contribution in [0.4, 0.5) is 0 Å². The third-order valence-electron chi connectivity index (χ3n) is 3.56. The average molecular weight is 304 g/mol. The number of benzene rings is 1. The second-order valence-corrected chi connectivity index (χ2v) is 6.56. The molecule has 0 amide bonds. The summed E-state index contributed by atoms with van der Waals surface area (Å²) in [5, 5.41) is 4.25. The number of hydrogen-bond donors (Lipinski definition) is 1. The van der Waals surface area contributed by atoms with Crippen molar-refractivity contribution in [1.29, 1.82) is 0 Å². The van der Waals surface area contributed by atoms with Gasteiger partial charge in [-0.25, -0.2) is 9.67 Å². The van der Waals surface area contributed by atoms with Gasteiger partial charge in [-0.2, -0.15) is 5.10 Å². The molecule has 5 nitrogen and oxygen atoms in total. The van der Waals surface area contributed by atoms with Gasteiger partial charge in [0.2, 0.25) is 0 Å². The number of thioether (sulfide) groups is 1. The zero-order chi connectivity index (χ0) is 14.8. The fourth-order valence-electron chi connectivity index (χ4n) is 2.44. The van der Waals surface area contributed by atoms with E-state index in [0.29, 0.717) is 6.42 Å². The number of hydrogen-bond acceptors (Lipinski definition) is 5. The Kier molecular flexibility index (Phi) is 4.17. The van der Waals surface area contributed by atoms with E-state index in [1.807, 2.05) is 22.9 Å². The fourth-order valence-corrected chi connectivity index (χ4v) is 3.53. The predicted octanol–water partition coefficient (Wildman–Crippen LogP) is 2.28. The summed E-state index contributed by atoms with van der Waals surface area (Å²) in [5.41, 5.74) is 6.35. The molecule has 0 radical (unpaired) electrons. The van der Waals surface area contributed by atoms with Crippen LogP contribution in [0.15, 0.2) is 35.5 Å². The Labute approximate surface area is 128 Å². The minimum absolute atomic E-state index is 0.00205. The molecule has 1 aliphatic heterocycles. The van der Waals surface area contributed by atoms with Crippen LogP contribution in [0.2, 0.25) is 0 Å². The van der Waals surface area contributed by atoms with Crippen LogP contribution >= 0.6 is 11.8 Å². The quantitative estimate of drug-likeness (QED) is 0.938. The number of para-hydroxylation sites is 1. The summed E-state index contributed by atoms with van der Waals surface area (Å²) >= 11 is 1.80. The summed E-state index contributed by atoms with van der Waals surface area (Å²) in [5.74, 6) is 2.72. The van der Waals surface area contributed by atoms with Gasteiger partial charge >= 0.3 is 0 Å². The van der Waals surface area contributed by atoms with E-state index in [2.05, 4.69) is 30.0 Å². The number of nitrogens with two attached hydrogens (primary N) is 1.